The minimum absolute atomic E-state index is 0.0937. The number of amides is 1. The fourth-order valence-electron chi connectivity index (χ4n) is 1.54. The summed E-state index contributed by atoms with van der Waals surface area (Å²) >= 11 is 0. The molecule has 0 aromatic rings. The Morgan fingerprint density at radius 3 is 2.37 bits per heavy atom. The van der Waals surface area contributed by atoms with Crippen LogP contribution >= 0.6 is 0 Å². The molecule has 19 heavy (non-hydrogen) atoms. The van der Waals surface area contributed by atoms with Crippen LogP contribution in [0.25, 0.3) is 0 Å². The van der Waals surface area contributed by atoms with Crippen molar-refractivity contribution in [2.75, 3.05) is 26.2 Å². The summed E-state index contributed by atoms with van der Waals surface area (Å²) in [5.41, 5.74) is 0. The van der Waals surface area contributed by atoms with Gasteiger partial charge in [-0.15, -0.1) is 0 Å². The highest BCUT2D eigenvalue weighted by Gasteiger charge is 2.01. The van der Waals surface area contributed by atoms with Gasteiger partial charge in [0.05, 0.1) is 0 Å². The van der Waals surface area contributed by atoms with E-state index in [1.165, 1.54) is 12.8 Å². The summed E-state index contributed by atoms with van der Waals surface area (Å²) in [6.07, 6.45) is 4.99. The van der Waals surface area contributed by atoms with Gasteiger partial charge in [0.1, 0.15) is 0 Å². The molecular weight excluding hydrogens is 240 g/mol. The standard InChI is InChI=1S/C14H30N4O/c1-4-7-8-11-17-14(15-6-3)18-12-9-13(19)16-10-5-2/h4-12H2,1-3H3,(H,16,19)(H2,15,17,18). The average Bonchev–Trinajstić information content (AvgIpc) is 2.41. The van der Waals surface area contributed by atoms with Crippen LogP contribution in [-0.2, 0) is 4.79 Å². The van der Waals surface area contributed by atoms with E-state index in [4.69, 9.17) is 0 Å². The van der Waals surface area contributed by atoms with E-state index in [0.29, 0.717) is 13.0 Å². The molecule has 0 heterocycles. The largest absolute Gasteiger partial charge is 0.357 e. The van der Waals surface area contributed by atoms with E-state index < -0.39 is 0 Å². The fraction of sp³-hybridized carbons (Fsp3) is 0.857. The molecular formula is C14H30N4O. The summed E-state index contributed by atoms with van der Waals surface area (Å²) < 4.78 is 0. The summed E-state index contributed by atoms with van der Waals surface area (Å²) in [4.78, 5) is 15.9. The van der Waals surface area contributed by atoms with Gasteiger partial charge in [-0.05, 0) is 19.8 Å². The van der Waals surface area contributed by atoms with Gasteiger partial charge in [0, 0.05) is 32.6 Å². The number of rotatable bonds is 10. The van der Waals surface area contributed by atoms with Crippen LogP contribution in [-0.4, -0.2) is 38.0 Å². The van der Waals surface area contributed by atoms with Crippen molar-refractivity contribution >= 4 is 11.9 Å². The molecule has 0 bridgehead atoms. The van der Waals surface area contributed by atoms with Gasteiger partial charge < -0.3 is 16.0 Å². The predicted octanol–water partition coefficient (Wildman–Crippen LogP) is 1.65. The molecule has 1 amide bonds. The summed E-state index contributed by atoms with van der Waals surface area (Å²) in [6.45, 7) is 9.32. The lowest BCUT2D eigenvalue weighted by atomic mass is 10.2. The molecule has 112 valence electrons. The van der Waals surface area contributed by atoms with Crippen molar-refractivity contribution in [3.8, 4) is 0 Å². The van der Waals surface area contributed by atoms with Crippen LogP contribution in [0, 0.1) is 0 Å². The summed E-state index contributed by atoms with van der Waals surface area (Å²) in [7, 11) is 0. The van der Waals surface area contributed by atoms with E-state index in [-0.39, 0.29) is 5.91 Å². The molecule has 0 rings (SSSR count). The van der Waals surface area contributed by atoms with Crippen molar-refractivity contribution in [2.24, 2.45) is 4.99 Å². The van der Waals surface area contributed by atoms with Crippen LogP contribution in [0.5, 0.6) is 0 Å². The van der Waals surface area contributed by atoms with Gasteiger partial charge in [0.25, 0.3) is 0 Å². The highest BCUT2D eigenvalue weighted by Crippen LogP contribution is 1.93. The monoisotopic (exact) mass is 270 g/mol. The Balaban J connectivity index is 3.83. The number of nitrogens with zero attached hydrogens (tertiary/aromatic N) is 1. The molecule has 0 aromatic heterocycles. The predicted molar refractivity (Wildman–Crippen MR) is 81.4 cm³/mol. The molecule has 0 aliphatic heterocycles. The number of hydrogen-bond donors (Lipinski definition) is 3. The Hall–Kier alpha value is -1.26. The van der Waals surface area contributed by atoms with Crippen molar-refractivity contribution in [1.29, 1.82) is 0 Å². The number of hydrogen-bond acceptors (Lipinski definition) is 2. The van der Waals surface area contributed by atoms with Crippen molar-refractivity contribution in [3.63, 3.8) is 0 Å². The molecule has 0 unspecified atom stereocenters. The second-order valence-corrected chi connectivity index (χ2v) is 4.49. The molecule has 0 aliphatic rings. The van der Waals surface area contributed by atoms with E-state index in [1.54, 1.807) is 0 Å². The van der Waals surface area contributed by atoms with Gasteiger partial charge in [-0.1, -0.05) is 26.7 Å². The van der Waals surface area contributed by atoms with Crippen molar-refractivity contribution in [1.82, 2.24) is 16.0 Å². The van der Waals surface area contributed by atoms with Crippen molar-refractivity contribution in [3.05, 3.63) is 0 Å². The number of carbonyl (C=O) groups excluding carboxylic acids is 1. The number of nitrogens with one attached hydrogen (secondary N) is 3. The van der Waals surface area contributed by atoms with Gasteiger partial charge in [-0.2, -0.15) is 0 Å². The molecule has 0 spiro atoms. The van der Waals surface area contributed by atoms with Crippen LogP contribution < -0.4 is 16.0 Å². The topological polar surface area (TPSA) is 65.5 Å². The average molecular weight is 270 g/mol. The van der Waals surface area contributed by atoms with E-state index in [2.05, 4.69) is 27.9 Å². The van der Waals surface area contributed by atoms with Crippen molar-refractivity contribution in [2.45, 2.75) is 52.9 Å². The lowest BCUT2D eigenvalue weighted by Crippen LogP contribution is -2.39. The van der Waals surface area contributed by atoms with Crippen LogP contribution in [0.2, 0.25) is 0 Å². The first-order valence-corrected chi connectivity index (χ1v) is 7.53. The quantitative estimate of drug-likeness (QED) is 0.321. The number of unbranched alkanes of at least 4 members (excludes halogenated alkanes) is 2. The number of guanidine groups is 1. The zero-order valence-corrected chi connectivity index (χ0v) is 12.7. The Bertz CT molecular complexity index is 254. The zero-order chi connectivity index (χ0) is 14.3. The van der Waals surface area contributed by atoms with E-state index >= 15 is 0 Å². The summed E-state index contributed by atoms with van der Waals surface area (Å²) in [5, 5.41) is 9.23. The highest BCUT2D eigenvalue weighted by molar-refractivity contribution is 5.81. The molecule has 0 radical (unpaired) electrons. The summed E-state index contributed by atoms with van der Waals surface area (Å²) in [6, 6.07) is 0. The third-order valence-electron chi connectivity index (χ3n) is 2.59. The maximum atomic E-state index is 11.4. The highest BCUT2D eigenvalue weighted by atomic mass is 16.1. The second kappa shape index (κ2) is 13.2. The lowest BCUT2D eigenvalue weighted by Gasteiger charge is -2.11. The second-order valence-electron chi connectivity index (χ2n) is 4.49. The molecule has 0 atom stereocenters. The Kier molecular flexibility index (Phi) is 12.3. The van der Waals surface area contributed by atoms with E-state index in [9.17, 15) is 4.79 Å². The zero-order valence-electron chi connectivity index (χ0n) is 12.7. The first-order chi connectivity index (χ1) is 9.24. The lowest BCUT2D eigenvalue weighted by molar-refractivity contribution is -0.120. The van der Waals surface area contributed by atoms with Crippen LogP contribution in [0.15, 0.2) is 4.99 Å². The van der Waals surface area contributed by atoms with Crippen molar-refractivity contribution < 1.29 is 4.79 Å². The Morgan fingerprint density at radius 1 is 0.947 bits per heavy atom. The maximum Gasteiger partial charge on any atom is 0.221 e. The van der Waals surface area contributed by atoms with Gasteiger partial charge in [0.15, 0.2) is 5.96 Å². The van der Waals surface area contributed by atoms with Gasteiger partial charge in [0.2, 0.25) is 5.91 Å². The molecule has 0 saturated carbocycles. The van der Waals surface area contributed by atoms with Crippen LogP contribution in [0.4, 0.5) is 0 Å². The molecule has 3 N–H and O–H groups in total. The Morgan fingerprint density at radius 2 is 1.74 bits per heavy atom. The smallest absolute Gasteiger partial charge is 0.221 e. The number of aliphatic imine (C=N–C) groups is 1. The molecule has 5 nitrogen and oxygen atoms in total. The minimum atomic E-state index is 0.0937. The molecule has 5 heteroatoms. The molecule has 0 aliphatic carbocycles. The molecule has 0 fully saturated rings. The Labute approximate surface area is 117 Å². The molecule has 0 aromatic carbocycles. The van der Waals surface area contributed by atoms with Crippen LogP contribution in [0.1, 0.15) is 52.9 Å². The van der Waals surface area contributed by atoms with Gasteiger partial charge >= 0.3 is 0 Å². The van der Waals surface area contributed by atoms with Gasteiger partial charge in [-0.3, -0.25) is 9.79 Å². The normalized spacial score (nSPS) is 11.2. The van der Waals surface area contributed by atoms with Gasteiger partial charge in [-0.25, -0.2) is 0 Å². The first kappa shape index (κ1) is 17.7. The molecule has 0 saturated heterocycles. The fourth-order valence-corrected chi connectivity index (χ4v) is 1.54. The van der Waals surface area contributed by atoms with Crippen LogP contribution in [0.3, 0.4) is 0 Å². The maximum absolute atomic E-state index is 11.4. The van der Waals surface area contributed by atoms with E-state index in [0.717, 1.165) is 38.4 Å². The first-order valence-electron chi connectivity index (χ1n) is 7.53. The number of carbonyl (C=O) groups is 1. The summed E-state index contributed by atoms with van der Waals surface area (Å²) in [5.74, 6) is 0.901. The SMILES string of the molecule is CCCCCN=C(NCC)NCCC(=O)NCCC. The minimum Gasteiger partial charge on any atom is -0.357 e. The van der Waals surface area contributed by atoms with E-state index in [1.807, 2.05) is 13.8 Å². The third-order valence-corrected chi connectivity index (χ3v) is 2.59. The third kappa shape index (κ3) is 11.6.